The SMILES string of the molecule is CC(C)c1ccc(C(=O)CN2CCCS(=O)(=O)CC2)cc1. The first-order chi connectivity index (χ1) is 9.87. The molecule has 1 saturated heterocycles. The van der Waals surface area contributed by atoms with Crippen molar-refractivity contribution in [2.75, 3.05) is 31.1 Å². The number of ketones is 1. The van der Waals surface area contributed by atoms with Crippen molar-refractivity contribution in [3.63, 3.8) is 0 Å². The number of benzene rings is 1. The van der Waals surface area contributed by atoms with Crippen LogP contribution in [0.25, 0.3) is 0 Å². The van der Waals surface area contributed by atoms with Crippen LogP contribution in [0.4, 0.5) is 0 Å². The normalized spacial score (nSPS) is 19.4. The highest BCUT2D eigenvalue weighted by Gasteiger charge is 2.21. The fourth-order valence-corrected chi connectivity index (χ4v) is 3.81. The van der Waals surface area contributed by atoms with Crippen LogP contribution in [0.5, 0.6) is 0 Å². The van der Waals surface area contributed by atoms with Crippen molar-refractivity contribution in [1.82, 2.24) is 4.90 Å². The smallest absolute Gasteiger partial charge is 0.176 e. The molecular formula is C16H23NO3S. The molecule has 116 valence electrons. The molecule has 0 radical (unpaired) electrons. The monoisotopic (exact) mass is 309 g/mol. The summed E-state index contributed by atoms with van der Waals surface area (Å²) in [6.45, 7) is 5.67. The number of carbonyl (C=O) groups excluding carboxylic acids is 1. The zero-order valence-electron chi connectivity index (χ0n) is 12.7. The predicted molar refractivity (Wildman–Crippen MR) is 84.6 cm³/mol. The van der Waals surface area contributed by atoms with Gasteiger partial charge < -0.3 is 0 Å². The van der Waals surface area contributed by atoms with Crippen molar-refractivity contribution in [3.8, 4) is 0 Å². The molecular weight excluding hydrogens is 286 g/mol. The molecule has 5 heteroatoms. The van der Waals surface area contributed by atoms with Gasteiger partial charge in [-0.3, -0.25) is 9.69 Å². The van der Waals surface area contributed by atoms with E-state index in [4.69, 9.17) is 0 Å². The molecule has 0 unspecified atom stereocenters. The quantitative estimate of drug-likeness (QED) is 0.799. The summed E-state index contributed by atoms with van der Waals surface area (Å²) in [5, 5.41) is 0. The second kappa shape index (κ2) is 6.71. The number of nitrogens with zero attached hydrogens (tertiary/aromatic N) is 1. The van der Waals surface area contributed by atoms with Crippen molar-refractivity contribution < 1.29 is 13.2 Å². The first-order valence-corrected chi connectivity index (χ1v) is 9.25. The Morgan fingerprint density at radius 1 is 1.14 bits per heavy atom. The van der Waals surface area contributed by atoms with Gasteiger partial charge in [-0.1, -0.05) is 38.1 Å². The number of Topliss-reactive ketones (excluding diaryl/α,β-unsaturated/α-hetero) is 1. The van der Waals surface area contributed by atoms with Crippen molar-refractivity contribution in [2.24, 2.45) is 0 Å². The van der Waals surface area contributed by atoms with Gasteiger partial charge >= 0.3 is 0 Å². The van der Waals surface area contributed by atoms with Gasteiger partial charge in [-0.05, 0) is 24.4 Å². The van der Waals surface area contributed by atoms with E-state index in [1.165, 1.54) is 5.56 Å². The predicted octanol–water partition coefficient (Wildman–Crippen LogP) is 2.11. The van der Waals surface area contributed by atoms with E-state index < -0.39 is 9.84 Å². The number of rotatable bonds is 4. The van der Waals surface area contributed by atoms with Gasteiger partial charge in [0.1, 0.15) is 0 Å². The highest BCUT2D eigenvalue weighted by Crippen LogP contribution is 2.15. The lowest BCUT2D eigenvalue weighted by Crippen LogP contribution is -2.32. The number of carbonyl (C=O) groups is 1. The second-order valence-corrected chi connectivity index (χ2v) is 8.29. The van der Waals surface area contributed by atoms with E-state index in [9.17, 15) is 13.2 Å². The zero-order valence-corrected chi connectivity index (χ0v) is 13.5. The van der Waals surface area contributed by atoms with Crippen LogP contribution in [0.2, 0.25) is 0 Å². The Balaban J connectivity index is 1.97. The molecule has 4 nitrogen and oxygen atoms in total. The van der Waals surface area contributed by atoms with Crippen LogP contribution in [0.15, 0.2) is 24.3 Å². The lowest BCUT2D eigenvalue weighted by molar-refractivity contribution is 0.0935. The van der Waals surface area contributed by atoms with Gasteiger partial charge in [-0.25, -0.2) is 8.42 Å². The number of hydrogen-bond acceptors (Lipinski definition) is 4. The maximum atomic E-state index is 12.3. The summed E-state index contributed by atoms with van der Waals surface area (Å²) >= 11 is 0. The molecule has 0 N–H and O–H groups in total. The molecule has 1 aromatic rings. The lowest BCUT2D eigenvalue weighted by atomic mass is 10.0. The van der Waals surface area contributed by atoms with Gasteiger partial charge in [0.15, 0.2) is 15.6 Å². The van der Waals surface area contributed by atoms with E-state index in [0.717, 1.165) is 0 Å². The molecule has 1 aliphatic heterocycles. The van der Waals surface area contributed by atoms with E-state index in [0.29, 0.717) is 37.5 Å². The number of hydrogen-bond donors (Lipinski definition) is 0. The topological polar surface area (TPSA) is 54.5 Å². The molecule has 0 aromatic heterocycles. The third-order valence-corrected chi connectivity index (χ3v) is 5.63. The molecule has 0 amide bonds. The van der Waals surface area contributed by atoms with Gasteiger partial charge in [0.05, 0.1) is 18.1 Å². The standard InChI is InChI=1S/C16H23NO3S/c1-13(2)14-4-6-15(7-5-14)16(18)12-17-8-3-10-21(19,20)11-9-17/h4-7,13H,3,8-12H2,1-2H3. The van der Waals surface area contributed by atoms with Crippen molar-refractivity contribution in [3.05, 3.63) is 35.4 Å². The van der Waals surface area contributed by atoms with Crippen molar-refractivity contribution in [2.45, 2.75) is 26.2 Å². The average Bonchev–Trinajstić information content (AvgIpc) is 2.60. The van der Waals surface area contributed by atoms with E-state index in [-0.39, 0.29) is 17.3 Å². The van der Waals surface area contributed by atoms with Crippen molar-refractivity contribution >= 4 is 15.6 Å². The van der Waals surface area contributed by atoms with Gasteiger partial charge in [0.25, 0.3) is 0 Å². The molecule has 0 saturated carbocycles. The first kappa shape index (κ1) is 16.2. The van der Waals surface area contributed by atoms with E-state index in [1.54, 1.807) is 0 Å². The minimum atomic E-state index is -2.92. The zero-order chi connectivity index (χ0) is 15.5. The van der Waals surface area contributed by atoms with Crippen LogP contribution >= 0.6 is 0 Å². The van der Waals surface area contributed by atoms with Crippen LogP contribution in [0.3, 0.4) is 0 Å². The minimum absolute atomic E-state index is 0.0598. The summed E-state index contributed by atoms with van der Waals surface area (Å²) in [5.41, 5.74) is 1.92. The highest BCUT2D eigenvalue weighted by molar-refractivity contribution is 7.91. The fraction of sp³-hybridized carbons (Fsp3) is 0.562. The fourth-order valence-electron chi connectivity index (χ4n) is 2.50. The Kier molecular flexibility index (Phi) is 5.17. The molecule has 2 rings (SSSR count). The Labute approximate surface area is 127 Å². The summed E-state index contributed by atoms with van der Waals surface area (Å²) in [7, 11) is -2.92. The van der Waals surface area contributed by atoms with Gasteiger partial charge in [-0.15, -0.1) is 0 Å². The summed E-state index contributed by atoms with van der Waals surface area (Å²) in [6, 6.07) is 7.72. The van der Waals surface area contributed by atoms with Crippen LogP contribution < -0.4 is 0 Å². The molecule has 0 aliphatic carbocycles. The first-order valence-electron chi connectivity index (χ1n) is 7.43. The van der Waals surface area contributed by atoms with Crippen molar-refractivity contribution in [1.29, 1.82) is 0 Å². The third-order valence-electron chi connectivity index (χ3n) is 3.91. The van der Waals surface area contributed by atoms with Gasteiger partial charge in [-0.2, -0.15) is 0 Å². The van der Waals surface area contributed by atoms with Gasteiger partial charge in [0, 0.05) is 12.1 Å². The van der Waals surface area contributed by atoms with Crippen LogP contribution in [0, 0.1) is 0 Å². The Morgan fingerprint density at radius 3 is 2.43 bits per heavy atom. The van der Waals surface area contributed by atoms with E-state index in [2.05, 4.69) is 13.8 Å². The third kappa shape index (κ3) is 4.64. The Morgan fingerprint density at radius 2 is 1.81 bits per heavy atom. The lowest BCUT2D eigenvalue weighted by Gasteiger charge is -2.18. The molecule has 1 aromatic carbocycles. The molecule has 1 aliphatic rings. The Bertz CT molecular complexity index is 590. The molecule has 0 bridgehead atoms. The maximum absolute atomic E-state index is 12.3. The van der Waals surface area contributed by atoms with Crippen LogP contribution in [-0.4, -0.2) is 50.2 Å². The molecule has 21 heavy (non-hydrogen) atoms. The molecule has 1 fully saturated rings. The van der Waals surface area contributed by atoms with Crippen LogP contribution in [-0.2, 0) is 9.84 Å². The molecule has 0 spiro atoms. The largest absolute Gasteiger partial charge is 0.295 e. The molecule has 1 heterocycles. The summed E-state index contributed by atoms with van der Waals surface area (Å²) in [5.74, 6) is 0.905. The highest BCUT2D eigenvalue weighted by atomic mass is 32.2. The molecule has 0 atom stereocenters. The number of sulfone groups is 1. The van der Waals surface area contributed by atoms with Crippen LogP contribution in [0.1, 0.15) is 42.1 Å². The van der Waals surface area contributed by atoms with E-state index >= 15 is 0 Å². The Hall–Kier alpha value is -1.20. The summed E-state index contributed by atoms with van der Waals surface area (Å²) in [6.07, 6.45) is 0.613. The second-order valence-electron chi connectivity index (χ2n) is 5.98. The van der Waals surface area contributed by atoms with Gasteiger partial charge in [0.2, 0.25) is 0 Å². The summed E-state index contributed by atoms with van der Waals surface area (Å²) < 4.78 is 23.1. The summed E-state index contributed by atoms with van der Waals surface area (Å²) in [4.78, 5) is 14.2. The maximum Gasteiger partial charge on any atom is 0.176 e. The minimum Gasteiger partial charge on any atom is -0.295 e. The van der Waals surface area contributed by atoms with E-state index in [1.807, 2.05) is 29.2 Å². The average molecular weight is 309 g/mol.